The Bertz CT molecular complexity index is 479. The molecule has 0 radical (unpaired) electrons. The minimum Gasteiger partial charge on any atom is -0.378 e. The quantitative estimate of drug-likeness (QED) is 0.614. The second kappa shape index (κ2) is 6.05. The smallest absolute Gasteiger partial charge is 0.227 e. The summed E-state index contributed by atoms with van der Waals surface area (Å²) in [5, 5.41) is 0.506. The molecule has 3 rings (SSSR count). The van der Waals surface area contributed by atoms with Crippen molar-refractivity contribution in [1.82, 2.24) is 9.97 Å². The van der Waals surface area contributed by atoms with Crippen LogP contribution in [-0.4, -0.2) is 49.1 Å². The average Bonchev–Trinajstić information content (AvgIpc) is 3.27. The highest BCUT2D eigenvalue weighted by Gasteiger charge is 2.46. The normalized spacial score (nSPS) is 21.0. The highest BCUT2D eigenvalue weighted by atomic mass is 35.5. The highest BCUT2D eigenvalue weighted by Crippen LogP contribution is 2.48. The predicted molar refractivity (Wildman–Crippen MR) is 80.5 cm³/mol. The summed E-state index contributed by atoms with van der Waals surface area (Å²) in [7, 11) is 0. The van der Waals surface area contributed by atoms with Crippen LogP contribution in [0, 0.1) is 0 Å². The van der Waals surface area contributed by atoms with Crippen molar-refractivity contribution in [1.29, 1.82) is 0 Å². The first-order valence-corrected chi connectivity index (χ1v) is 8.30. The third-order valence-electron chi connectivity index (χ3n) is 3.83. The first-order chi connectivity index (χ1) is 9.73. The molecule has 0 N–H and O–H groups in total. The molecule has 0 bridgehead atoms. The second-order valence-electron chi connectivity index (χ2n) is 5.18. The van der Waals surface area contributed by atoms with E-state index < -0.39 is 0 Å². The molecule has 0 atom stereocenters. The van der Waals surface area contributed by atoms with Crippen LogP contribution < -0.4 is 4.90 Å². The largest absolute Gasteiger partial charge is 0.378 e. The molecule has 5 nitrogen and oxygen atoms in total. The Morgan fingerprint density at radius 3 is 2.80 bits per heavy atom. The number of halogens is 1. The van der Waals surface area contributed by atoms with Crippen molar-refractivity contribution in [2.45, 2.75) is 18.3 Å². The van der Waals surface area contributed by atoms with Gasteiger partial charge < -0.3 is 13.8 Å². The van der Waals surface area contributed by atoms with E-state index >= 15 is 0 Å². The Hall–Kier alpha value is -0.560. The summed E-state index contributed by atoms with van der Waals surface area (Å²) in [6.07, 6.45) is 4.13. The maximum atomic E-state index is 6.18. The molecule has 0 amide bonds. The van der Waals surface area contributed by atoms with E-state index in [0.29, 0.717) is 30.9 Å². The Kier molecular flexibility index (Phi) is 4.35. The van der Waals surface area contributed by atoms with Gasteiger partial charge >= 0.3 is 0 Å². The van der Waals surface area contributed by atoms with Gasteiger partial charge in [0.2, 0.25) is 5.95 Å². The van der Waals surface area contributed by atoms with Crippen LogP contribution >= 0.6 is 23.6 Å². The fourth-order valence-corrected chi connectivity index (χ4v) is 2.90. The Morgan fingerprint density at radius 2 is 2.15 bits per heavy atom. The summed E-state index contributed by atoms with van der Waals surface area (Å²) in [6, 6.07) is 1.88. The van der Waals surface area contributed by atoms with Crippen LogP contribution in [0.4, 0.5) is 5.95 Å². The van der Waals surface area contributed by atoms with Gasteiger partial charge in [-0.2, -0.15) is 0 Å². The average molecular weight is 316 g/mol. The van der Waals surface area contributed by atoms with Gasteiger partial charge in [0.1, 0.15) is 5.15 Å². The second-order valence-corrected chi connectivity index (χ2v) is 6.14. The summed E-state index contributed by atoms with van der Waals surface area (Å²) in [4.78, 5) is 11.2. The zero-order valence-electron chi connectivity index (χ0n) is 11.5. The lowest BCUT2D eigenvalue weighted by molar-refractivity contribution is 0.122. The van der Waals surface area contributed by atoms with E-state index in [1.54, 1.807) is 0 Å². The number of hydrogen-bond acceptors (Lipinski definition) is 6. The van der Waals surface area contributed by atoms with Gasteiger partial charge in [0.15, 0.2) is 0 Å². The molecule has 0 spiro atoms. The van der Waals surface area contributed by atoms with Crippen LogP contribution in [0.15, 0.2) is 6.07 Å². The first kappa shape index (κ1) is 14.4. The van der Waals surface area contributed by atoms with Gasteiger partial charge in [0.05, 0.1) is 25.5 Å². The third kappa shape index (κ3) is 3.03. The van der Waals surface area contributed by atoms with Crippen molar-refractivity contribution in [3.8, 4) is 0 Å². The van der Waals surface area contributed by atoms with Gasteiger partial charge in [-0.1, -0.05) is 11.6 Å². The Morgan fingerprint density at radius 1 is 1.40 bits per heavy atom. The van der Waals surface area contributed by atoms with Crippen molar-refractivity contribution < 1.29 is 8.92 Å². The van der Waals surface area contributed by atoms with Crippen molar-refractivity contribution >= 4 is 29.6 Å². The van der Waals surface area contributed by atoms with Gasteiger partial charge in [-0.05, 0) is 31.0 Å². The molecule has 1 aromatic rings. The number of ether oxygens (including phenoxy) is 1. The van der Waals surface area contributed by atoms with Gasteiger partial charge in [0, 0.05) is 24.8 Å². The van der Waals surface area contributed by atoms with E-state index in [1.807, 2.05) is 12.3 Å². The number of hydrogen-bond donors (Lipinski definition) is 0. The molecule has 1 aliphatic heterocycles. The molecule has 0 aromatic carbocycles. The summed E-state index contributed by atoms with van der Waals surface area (Å²) >= 11 is 7.58. The fourth-order valence-electron chi connectivity index (χ4n) is 2.38. The highest BCUT2D eigenvalue weighted by molar-refractivity contribution is 7.93. The van der Waals surface area contributed by atoms with Crippen molar-refractivity contribution in [3.05, 3.63) is 16.9 Å². The van der Waals surface area contributed by atoms with Crippen LogP contribution in [0.3, 0.4) is 0 Å². The van der Waals surface area contributed by atoms with E-state index in [4.69, 9.17) is 25.5 Å². The molecule has 2 aliphatic rings. The zero-order chi connectivity index (χ0) is 14.0. The van der Waals surface area contributed by atoms with Gasteiger partial charge in [-0.3, -0.25) is 0 Å². The summed E-state index contributed by atoms with van der Waals surface area (Å²) < 4.78 is 10.9. The summed E-state index contributed by atoms with van der Waals surface area (Å²) in [6.45, 7) is 3.74. The van der Waals surface area contributed by atoms with Crippen LogP contribution in [0.25, 0.3) is 0 Å². The molecule has 0 unspecified atom stereocenters. The molecule has 1 aromatic heterocycles. The van der Waals surface area contributed by atoms with Crippen LogP contribution in [0.5, 0.6) is 0 Å². The minimum atomic E-state index is 0.0383. The number of anilines is 1. The van der Waals surface area contributed by atoms with Gasteiger partial charge in [0.25, 0.3) is 0 Å². The molecule has 20 heavy (non-hydrogen) atoms. The lowest BCUT2D eigenvalue weighted by atomic mass is 10.0. The van der Waals surface area contributed by atoms with Crippen molar-refractivity contribution in [3.63, 3.8) is 0 Å². The van der Waals surface area contributed by atoms with Crippen LogP contribution in [0.2, 0.25) is 5.15 Å². The minimum absolute atomic E-state index is 0.0383. The standard InChI is InChI=1S/C13H18ClN3O2S/c1-20-19-9-13(2-3-13)10-8-11(14)16-12(15-10)17-4-6-18-7-5-17/h8H,2-7,9H2,1H3. The van der Waals surface area contributed by atoms with E-state index in [0.717, 1.165) is 31.6 Å². The molecule has 110 valence electrons. The lowest BCUT2D eigenvalue weighted by Gasteiger charge is -2.27. The zero-order valence-corrected chi connectivity index (χ0v) is 13.0. The summed E-state index contributed by atoms with van der Waals surface area (Å²) in [5.74, 6) is 0.714. The lowest BCUT2D eigenvalue weighted by Crippen LogP contribution is -2.37. The Balaban J connectivity index is 1.83. The maximum Gasteiger partial charge on any atom is 0.227 e. The van der Waals surface area contributed by atoms with E-state index in [2.05, 4.69) is 9.88 Å². The van der Waals surface area contributed by atoms with E-state index in [1.165, 1.54) is 12.0 Å². The molecular formula is C13H18ClN3O2S. The maximum absolute atomic E-state index is 6.18. The number of rotatable bonds is 5. The molecule has 2 heterocycles. The molecule has 1 aliphatic carbocycles. The van der Waals surface area contributed by atoms with Gasteiger partial charge in [-0.15, -0.1) is 0 Å². The Labute approximate surface area is 128 Å². The van der Waals surface area contributed by atoms with Crippen LogP contribution in [0.1, 0.15) is 18.5 Å². The van der Waals surface area contributed by atoms with Crippen LogP contribution in [-0.2, 0) is 14.3 Å². The molecule has 7 heteroatoms. The van der Waals surface area contributed by atoms with Gasteiger partial charge in [-0.25, -0.2) is 9.97 Å². The molecule has 2 fully saturated rings. The fraction of sp³-hybridized carbons (Fsp3) is 0.692. The number of nitrogens with zero attached hydrogens (tertiary/aromatic N) is 3. The molecular weight excluding hydrogens is 298 g/mol. The summed E-state index contributed by atoms with van der Waals surface area (Å²) in [5.41, 5.74) is 1.05. The molecule has 1 saturated carbocycles. The first-order valence-electron chi connectivity index (χ1n) is 6.77. The predicted octanol–water partition coefficient (Wildman–Crippen LogP) is 2.29. The van der Waals surface area contributed by atoms with E-state index in [-0.39, 0.29) is 5.41 Å². The monoisotopic (exact) mass is 315 g/mol. The van der Waals surface area contributed by atoms with Crippen molar-refractivity contribution in [2.75, 3.05) is 44.1 Å². The molecule has 1 saturated heterocycles. The topological polar surface area (TPSA) is 47.5 Å². The third-order valence-corrected chi connectivity index (χ3v) is 4.37. The SMILES string of the molecule is CSOCC1(c2cc(Cl)nc(N3CCOCC3)n2)CC1. The van der Waals surface area contributed by atoms with E-state index in [9.17, 15) is 0 Å². The number of morpholine rings is 1. The number of aromatic nitrogens is 2. The van der Waals surface area contributed by atoms with Crippen molar-refractivity contribution in [2.24, 2.45) is 0 Å².